The molecule has 34 heavy (non-hydrogen) atoms. The van der Waals surface area contributed by atoms with E-state index in [0.717, 1.165) is 36.4 Å². The van der Waals surface area contributed by atoms with Crippen molar-refractivity contribution in [3.63, 3.8) is 0 Å². The van der Waals surface area contributed by atoms with Gasteiger partial charge in [0.15, 0.2) is 6.61 Å². The predicted octanol–water partition coefficient (Wildman–Crippen LogP) is 5.02. The van der Waals surface area contributed by atoms with Crippen molar-refractivity contribution in [1.82, 2.24) is 0 Å². The van der Waals surface area contributed by atoms with Crippen molar-refractivity contribution in [2.24, 2.45) is 0 Å². The second-order valence-corrected chi connectivity index (χ2v) is 6.82. The number of alkyl halides is 3. The summed E-state index contributed by atoms with van der Waals surface area (Å²) in [6.45, 7) is -0.690. The van der Waals surface area contributed by atoms with Gasteiger partial charge in [-0.25, -0.2) is 4.39 Å². The highest BCUT2D eigenvalue weighted by Crippen LogP contribution is 2.31. The largest absolute Gasteiger partial charge is 0.477 e. The Kier molecular flexibility index (Phi) is 7.09. The highest BCUT2D eigenvalue weighted by atomic mass is 19.4. The van der Waals surface area contributed by atoms with Gasteiger partial charge in [0.05, 0.1) is 10.5 Å². The molecule has 3 rings (SSSR count). The molecule has 0 fully saturated rings. The molecule has 0 saturated heterocycles. The number of nitrogens with one attached hydrogen (secondary N) is 2. The first-order valence-corrected chi connectivity index (χ1v) is 9.48. The van der Waals surface area contributed by atoms with Crippen molar-refractivity contribution in [3.05, 3.63) is 93.8 Å². The van der Waals surface area contributed by atoms with Crippen molar-refractivity contribution in [3.8, 4) is 5.75 Å². The van der Waals surface area contributed by atoms with Crippen LogP contribution in [-0.4, -0.2) is 23.3 Å². The summed E-state index contributed by atoms with van der Waals surface area (Å²) in [7, 11) is 0. The molecular weight excluding hydrogens is 462 g/mol. The Labute approximate surface area is 189 Å². The summed E-state index contributed by atoms with van der Waals surface area (Å²) in [5.74, 6) is -2.70. The van der Waals surface area contributed by atoms with Crippen molar-refractivity contribution < 1.29 is 36.8 Å². The van der Waals surface area contributed by atoms with Gasteiger partial charge in [-0.3, -0.25) is 19.7 Å². The van der Waals surface area contributed by atoms with E-state index in [1.807, 2.05) is 0 Å². The maximum atomic E-state index is 13.3. The molecule has 0 unspecified atom stereocenters. The Hall–Kier alpha value is -4.48. The van der Waals surface area contributed by atoms with Crippen molar-refractivity contribution in [2.45, 2.75) is 6.18 Å². The number of nitro groups is 1. The highest BCUT2D eigenvalue weighted by Gasteiger charge is 2.30. The minimum Gasteiger partial charge on any atom is -0.477 e. The molecule has 0 aliphatic carbocycles. The number of rotatable bonds is 7. The van der Waals surface area contributed by atoms with E-state index in [0.29, 0.717) is 0 Å². The average Bonchev–Trinajstić information content (AvgIpc) is 2.77. The number of amides is 2. The van der Waals surface area contributed by atoms with Crippen LogP contribution in [0, 0.1) is 15.9 Å². The van der Waals surface area contributed by atoms with Gasteiger partial charge in [0.1, 0.15) is 5.82 Å². The van der Waals surface area contributed by atoms with Crippen LogP contribution in [0.5, 0.6) is 5.75 Å². The molecule has 0 aliphatic heterocycles. The summed E-state index contributed by atoms with van der Waals surface area (Å²) in [5.41, 5.74) is -1.33. The monoisotopic (exact) mass is 477 g/mol. The van der Waals surface area contributed by atoms with Crippen molar-refractivity contribution in [1.29, 1.82) is 0 Å². The zero-order valence-corrected chi connectivity index (χ0v) is 17.1. The lowest BCUT2D eigenvalue weighted by atomic mass is 10.1. The Morgan fingerprint density at radius 1 is 0.941 bits per heavy atom. The zero-order valence-electron chi connectivity index (χ0n) is 17.1. The molecule has 8 nitrogen and oxygen atoms in total. The molecule has 0 bridgehead atoms. The normalized spacial score (nSPS) is 10.9. The number of nitro benzene ring substituents is 1. The maximum absolute atomic E-state index is 13.3. The third-order valence-corrected chi connectivity index (χ3v) is 4.33. The fourth-order valence-corrected chi connectivity index (χ4v) is 2.81. The van der Waals surface area contributed by atoms with Crippen LogP contribution in [0.15, 0.2) is 66.7 Å². The predicted molar refractivity (Wildman–Crippen MR) is 113 cm³/mol. The fraction of sp³-hybridized carbons (Fsp3) is 0.0909. The van der Waals surface area contributed by atoms with Crippen LogP contribution in [0.1, 0.15) is 15.9 Å². The molecule has 0 spiro atoms. The summed E-state index contributed by atoms with van der Waals surface area (Å²) in [6.07, 6.45) is -4.57. The number of halogens is 4. The Morgan fingerprint density at radius 3 is 2.29 bits per heavy atom. The summed E-state index contributed by atoms with van der Waals surface area (Å²) >= 11 is 0. The number of hydrogen-bond donors (Lipinski definition) is 2. The van der Waals surface area contributed by atoms with Gasteiger partial charge >= 0.3 is 11.9 Å². The number of ether oxygens (including phenoxy) is 1. The number of carbonyl (C=O) groups excluding carboxylic acids is 2. The Balaban J connectivity index is 1.64. The van der Waals surface area contributed by atoms with E-state index in [1.165, 1.54) is 30.3 Å². The van der Waals surface area contributed by atoms with E-state index >= 15 is 0 Å². The van der Waals surface area contributed by atoms with Crippen LogP contribution in [0.4, 0.5) is 34.6 Å². The molecule has 0 heterocycles. The van der Waals surface area contributed by atoms with Gasteiger partial charge in [-0.05, 0) is 42.5 Å². The van der Waals surface area contributed by atoms with Gasteiger partial charge in [0.25, 0.3) is 11.8 Å². The molecular formula is C22H15F4N3O5. The SMILES string of the molecule is O=C(COc1cc(F)ccc1[N+](=O)[O-])Nc1cccc(C(=O)Nc2cccc(C(F)(F)F)c2)c1. The molecule has 3 aromatic carbocycles. The smallest absolute Gasteiger partial charge is 0.416 e. The second-order valence-electron chi connectivity index (χ2n) is 6.82. The van der Waals surface area contributed by atoms with Crippen LogP contribution in [0.2, 0.25) is 0 Å². The Morgan fingerprint density at radius 2 is 1.62 bits per heavy atom. The summed E-state index contributed by atoms with van der Waals surface area (Å²) in [5, 5.41) is 15.7. The molecule has 2 amide bonds. The molecule has 0 radical (unpaired) electrons. The van der Waals surface area contributed by atoms with Crippen LogP contribution in [-0.2, 0) is 11.0 Å². The van der Waals surface area contributed by atoms with Crippen LogP contribution in [0.25, 0.3) is 0 Å². The summed E-state index contributed by atoms with van der Waals surface area (Å²) < 4.78 is 56.9. The number of carbonyl (C=O) groups is 2. The van der Waals surface area contributed by atoms with Crippen molar-refractivity contribution >= 4 is 28.9 Å². The minimum absolute atomic E-state index is 0.0388. The van der Waals surface area contributed by atoms with Crippen molar-refractivity contribution in [2.75, 3.05) is 17.2 Å². The highest BCUT2D eigenvalue weighted by molar-refractivity contribution is 6.05. The standard InChI is InChI=1S/C22H15F4N3O5/c23-15-7-8-18(29(32)33)19(11-15)34-12-20(30)27-16-5-1-3-13(9-16)21(31)28-17-6-2-4-14(10-17)22(24,25)26/h1-11H,12H2,(H,27,30)(H,28,31). The van der Waals surface area contributed by atoms with E-state index in [4.69, 9.17) is 4.74 Å². The quantitative estimate of drug-likeness (QED) is 0.282. The topological polar surface area (TPSA) is 111 Å². The lowest BCUT2D eigenvalue weighted by molar-refractivity contribution is -0.385. The van der Waals surface area contributed by atoms with Crippen LogP contribution >= 0.6 is 0 Å². The minimum atomic E-state index is -4.57. The lowest BCUT2D eigenvalue weighted by Crippen LogP contribution is -2.21. The molecule has 0 aliphatic rings. The Bertz CT molecular complexity index is 1250. The maximum Gasteiger partial charge on any atom is 0.416 e. The lowest BCUT2D eigenvalue weighted by Gasteiger charge is -2.11. The van der Waals surface area contributed by atoms with E-state index in [-0.39, 0.29) is 16.9 Å². The number of benzene rings is 3. The number of anilines is 2. The van der Waals surface area contributed by atoms with E-state index in [1.54, 1.807) is 0 Å². The number of hydrogen-bond acceptors (Lipinski definition) is 5. The summed E-state index contributed by atoms with van der Waals surface area (Å²) in [6, 6.07) is 12.1. The van der Waals surface area contributed by atoms with Gasteiger partial charge in [-0.1, -0.05) is 12.1 Å². The van der Waals surface area contributed by atoms with Gasteiger partial charge in [0, 0.05) is 29.1 Å². The third kappa shape index (κ3) is 6.28. The first-order chi connectivity index (χ1) is 16.0. The number of nitrogens with zero attached hydrogens (tertiary/aromatic N) is 1. The first-order valence-electron chi connectivity index (χ1n) is 9.48. The van der Waals surface area contributed by atoms with E-state index in [9.17, 15) is 37.3 Å². The van der Waals surface area contributed by atoms with Gasteiger partial charge in [0.2, 0.25) is 5.75 Å². The van der Waals surface area contributed by atoms with Gasteiger partial charge < -0.3 is 15.4 Å². The molecule has 0 aromatic heterocycles. The molecule has 12 heteroatoms. The van der Waals surface area contributed by atoms with Crippen LogP contribution in [0.3, 0.4) is 0 Å². The van der Waals surface area contributed by atoms with E-state index in [2.05, 4.69) is 10.6 Å². The average molecular weight is 477 g/mol. The molecule has 0 atom stereocenters. The molecule has 176 valence electrons. The van der Waals surface area contributed by atoms with Gasteiger partial charge in [-0.2, -0.15) is 13.2 Å². The zero-order chi connectivity index (χ0) is 24.9. The third-order valence-electron chi connectivity index (χ3n) is 4.33. The first kappa shape index (κ1) is 24.2. The summed E-state index contributed by atoms with van der Waals surface area (Å²) in [4.78, 5) is 34.8. The van der Waals surface area contributed by atoms with Crippen LogP contribution < -0.4 is 15.4 Å². The fourth-order valence-electron chi connectivity index (χ4n) is 2.81. The molecule has 3 aromatic rings. The van der Waals surface area contributed by atoms with E-state index < -0.39 is 52.3 Å². The van der Waals surface area contributed by atoms with Gasteiger partial charge in [-0.15, -0.1) is 0 Å². The molecule has 0 saturated carbocycles. The second kappa shape index (κ2) is 9.98. The molecule has 2 N–H and O–H groups in total.